The smallest absolute Gasteiger partial charge is 0.244 e. The molecule has 3 N–H and O–H groups in total. The molecule has 0 bridgehead atoms. The largest absolute Gasteiger partial charge is 0.368 e. The highest BCUT2D eigenvalue weighted by atomic mass is 16.1. The first-order chi connectivity index (χ1) is 12.1. The Hall–Kier alpha value is -2.89. The summed E-state index contributed by atoms with van der Waals surface area (Å²) in [7, 11) is 0. The molecule has 6 nitrogen and oxygen atoms in total. The van der Waals surface area contributed by atoms with Crippen molar-refractivity contribution < 1.29 is 4.79 Å². The van der Waals surface area contributed by atoms with Crippen molar-refractivity contribution in [3.8, 4) is 0 Å². The average Bonchev–Trinajstić information content (AvgIpc) is 2.58. The number of anilines is 2. The monoisotopic (exact) mass is 339 g/mol. The van der Waals surface area contributed by atoms with Crippen molar-refractivity contribution in [3.05, 3.63) is 53.2 Å². The molecular formula is C19H25N5O. The van der Waals surface area contributed by atoms with Crippen molar-refractivity contribution in [3.63, 3.8) is 0 Å². The van der Waals surface area contributed by atoms with Gasteiger partial charge >= 0.3 is 0 Å². The molecule has 0 atom stereocenters. The van der Waals surface area contributed by atoms with Crippen LogP contribution in [0, 0.1) is 13.8 Å². The van der Waals surface area contributed by atoms with E-state index in [2.05, 4.69) is 25.9 Å². The highest BCUT2D eigenvalue weighted by molar-refractivity contribution is 5.91. The van der Waals surface area contributed by atoms with Gasteiger partial charge in [0, 0.05) is 37.5 Å². The van der Waals surface area contributed by atoms with Crippen molar-refractivity contribution in [1.29, 1.82) is 0 Å². The molecule has 0 aliphatic carbocycles. The quantitative estimate of drug-likeness (QED) is 0.509. The van der Waals surface area contributed by atoms with Crippen molar-refractivity contribution in [2.75, 3.05) is 30.3 Å². The predicted octanol–water partition coefficient (Wildman–Crippen LogP) is 2.77. The van der Waals surface area contributed by atoms with E-state index >= 15 is 0 Å². The number of nitrogens with zero attached hydrogens (tertiary/aromatic N) is 2. The molecular weight excluding hydrogens is 314 g/mol. The van der Waals surface area contributed by atoms with Crippen LogP contribution in [0.2, 0.25) is 0 Å². The van der Waals surface area contributed by atoms with E-state index in [1.807, 2.05) is 57.2 Å². The van der Waals surface area contributed by atoms with Gasteiger partial charge in [-0.05, 0) is 38.0 Å². The van der Waals surface area contributed by atoms with E-state index in [4.69, 9.17) is 0 Å². The Bertz CT molecular complexity index is 742. The number of amides is 1. The molecule has 0 aliphatic heterocycles. The van der Waals surface area contributed by atoms with E-state index in [0.29, 0.717) is 19.0 Å². The number of carbonyl (C=O) groups excluding carboxylic acids is 1. The van der Waals surface area contributed by atoms with Gasteiger partial charge in [-0.1, -0.05) is 24.3 Å². The Morgan fingerprint density at radius 3 is 2.68 bits per heavy atom. The zero-order valence-corrected chi connectivity index (χ0v) is 15.0. The lowest BCUT2D eigenvalue weighted by Crippen LogP contribution is -2.27. The molecule has 6 heteroatoms. The minimum atomic E-state index is -0.114. The van der Waals surface area contributed by atoms with Crippen LogP contribution in [-0.2, 0) is 4.79 Å². The van der Waals surface area contributed by atoms with E-state index in [0.717, 1.165) is 29.2 Å². The van der Waals surface area contributed by atoms with E-state index in [-0.39, 0.29) is 5.91 Å². The number of aryl methyl sites for hydroxylation is 2. The van der Waals surface area contributed by atoms with Gasteiger partial charge in [-0.25, -0.2) is 4.98 Å². The number of nitrogens with one attached hydrogen (secondary N) is 3. The molecule has 2 rings (SSSR count). The minimum Gasteiger partial charge on any atom is -0.368 e. The van der Waals surface area contributed by atoms with Gasteiger partial charge in [-0.15, -0.1) is 0 Å². The van der Waals surface area contributed by atoms with Gasteiger partial charge in [0.15, 0.2) is 0 Å². The summed E-state index contributed by atoms with van der Waals surface area (Å²) in [5, 5.41) is 9.14. The molecule has 0 aliphatic rings. The fourth-order valence-corrected chi connectivity index (χ4v) is 2.27. The van der Waals surface area contributed by atoms with Crippen molar-refractivity contribution in [2.24, 2.45) is 0 Å². The van der Waals surface area contributed by atoms with Gasteiger partial charge in [0.25, 0.3) is 0 Å². The Morgan fingerprint density at radius 2 is 1.92 bits per heavy atom. The molecule has 1 aromatic carbocycles. The third kappa shape index (κ3) is 6.25. The average molecular weight is 339 g/mol. The second-order valence-electron chi connectivity index (χ2n) is 5.66. The number of benzene rings is 1. The topological polar surface area (TPSA) is 78.9 Å². The maximum Gasteiger partial charge on any atom is 0.244 e. The molecule has 1 amide bonds. The molecule has 0 fully saturated rings. The minimum absolute atomic E-state index is 0.114. The van der Waals surface area contributed by atoms with Crippen LogP contribution >= 0.6 is 0 Å². The summed E-state index contributed by atoms with van der Waals surface area (Å²) in [6, 6.07) is 9.82. The Balaban J connectivity index is 1.77. The second-order valence-corrected chi connectivity index (χ2v) is 5.66. The SMILES string of the molecule is CCNc1nc(C)cc(NCCNC(=O)/C=C/c2ccccc2C)n1. The van der Waals surface area contributed by atoms with Gasteiger partial charge < -0.3 is 16.0 Å². The summed E-state index contributed by atoms with van der Waals surface area (Å²) in [4.78, 5) is 20.5. The maximum atomic E-state index is 11.9. The van der Waals surface area contributed by atoms with E-state index in [9.17, 15) is 4.79 Å². The molecule has 1 heterocycles. The van der Waals surface area contributed by atoms with Crippen LogP contribution in [0.1, 0.15) is 23.7 Å². The van der Waals surface area contributed by atoms with Gasteiger partial charge in [-0.2, -0.15) is 4.98 Å². The van der Waals surface area contributed by atoms with Gasteiger partial charge in [0.1, 0.15) is 5.82 Å². The number of hydrogen-bond donors (Lipinski definition) is 3. The van der Waals surface area contributed by atoms with Crippen LogP contribution in [0.25, 0.3) is 6.08 Å². The summed E-state index contributed by atoms with van der Waals surface area (Å²) >= 11 is 0. The van der Waals surface area contributed by atoms with Crippen molar-refractivity contribution in [2.45, 2.75) is 20.8 Å². The first kappa shape index (κ1) is 18.4. The van der Waals surface area contributed by atoms with Crippen molar-refractivity contribution >= 4 is 23.7 Å². The summed E-state index contributed by atoms with van der Waals surface area (Å²) in [6.45, 7) is 7.81. The number of carbonyl (C=O) groups is 1. The normalized spacial score (nSPS) is 10.7. The van der Waals surface area contributed by atoms with Crippen molar-refractivity contribution in [1.82, 2.24) is 15.3 Å². The van der Waals surface area contributed by atoms with Gasteiger partial charge in [0.2, 0.25) is 11.9 Å². The summed E-state index contributed by atoms with van der Waals surface area (Å²) in [5.41, 5.74) is 3.07. The lowest BCUT2D eigenvalue weighted by Gasteiger charge is -2.09. The molecule has 25 heavy (non-hydrogen) atoms. The molecule has 0 saturated carbocycles. The lowest BCUT2D eigenvalue weighted by molar-refractivity contribution is -0.116. The Morgan fingerprint density at radius 1 is 1.12 bits per heavy atom. The van der Waals surface area contributed by atoms with Gasteiger partial charge in [0.05, 0.1) is 0 Å². The van der Waals surface area contributed by atoms with Crippen LogP contribution in [0.5, 0.6) is 0 Å². The van der Waals surface area contributed by atoms with Crippen LogP contribution in [0.4, 0.5) is 11.8 Å². The predicted molar refractivity (Wildman–Crippen MR) is 103 cm³/mol. The van der Waals surface area contributed by atoms with Crippen LogP contribution in [0.15, 0.2) is 36.4 Å². The standard InChI is InChI=1S/C19H25N5O/c1-4-20-19-23-15(3)13-17(24-19)21-11-12-22-18(25)10-9-16-8-6-5-7-14(16)2/h5-10,13H,4,11-12H2,1-3H3,(H,22,25)(H2,20,21,23,24)/b10-9+. The second kappa shape index (κ2) is 9.42. The molecule has 0 spiro atoms. The van der Waals surface area contributed by atoms with Gasteiger partial charge in [-0.3, -0.25) is 4.79 Å². The van der Waals surface area contributed by atoms with E-state index in [1.54, 1.807) is 6.08 Å². The maximum absolute atomic E-state index is 11.9. The van der Waals surface area contributed by atoms with E-state index in [1.165, 1.54) is 0 Å². The van der Waals surface area contributed by atoms with Crippen LogP contribution in [-0.4, -0.2) is 35.5 Å². The number of aromatic nitrogens is 2. The Labute approximate surface area is 148 Å². The summed E-state index contributed by atoms with van der Waals surface area (Å²) in [6.07, 6.45) is 3.38. The first-order valence-corrected chi connectivity index (χ1v) is 8.43. The third-order valence-electron chi connectivity index (χ3n) is 3.52. The van der Waals surface area contributed by atoms with Crippen LogP contribution in [0.3, 0.4) is 0 Å². The van der Waals surface area contributed by atoms with Crippen LogP contribution < -0.4 is 16.0 Å². The highest BCUT2D eigenvalue weighted by Crippen LogP contribution is 2.09. The molecule has 1 aromatic heterocycles. The molecule has 0 radical (unpaired) electrons. The summed E-state index contributed by atoms with van der Waals surface area (Å²) in [5.74, 6) is 1.24. The fraction of sp³-hybridized carbons (Fsp3) is 0.316. The number of hydrogen-bond acceptors (Lipinski definition) is 5. The molecule has 0 saturated heterocycles. The molecule has 2 aromatic rings. The summed E-state index contributed by atoms with van der Waals surface area (Å²) < 4.78 is 0. The van der Waals surface area contributed by atoms with E-state index < -0.39 is 0 Å². The highest BCUT2D eigenvalue weighted by Gasteiger charge is 2.01. The zero-order chi connectivity index (χ0) is 18.1. The first-order valence-electron chi connectivity index (χ1n) is 8.43. The zero-order valence-electron chi connectivity index (χ0n) is 15.0. The number of rotatable bonds is 8. The lowest BCUT2D eigenvalue weighted by atomic mass is 10.1. The fourth-order valence-electron chi connectivity index (χ4n) is 2.27. The third-order valence-corrected chi connectivity index (χ3v) is 3.52. The molecule has 132 valence electrons. The Kier molecular flexibility index (Phi) is 6.95. The molecule has 0 unspecified atom stereocenters.